The fourth-order valence-electron chi connectivity index (χ4n) is 3.09. The van der Waals surface area contributed by atoms with Crippen molar-refractivity contribution in [1.29, 1.82) is 0 Å². The van der Waals surface area contributed by atoms with Crippen molar-refractivity contribution in [3.8, 4) is 5.75 Å². The van der Waals surface area contributed by atoms with Crippen molar-refractivity contribution in [2.24, 2.45) is 0 Å². The van der Waals surface area contributed by atoms with Crippen LogP contribution >= 0.6 is 35.0 Å². The summed E-state index contributed by atoms with van der Waals surface area (Å²) in [7, 11) is 0. The van der Waals surface area contributed by atoms with Crippen molar-refractivity contribution in [2.45, 2.75) is 45.5 Å². The molecule has 3 rings (SSSR count). The maximum atomic E-state index is 12.4. The van der Waals surface area contributed by atoms with Crippen LogP contribution in [0.25, 0.3) is 0 Å². The normalized spacial score (nSPS) is 11.9. The van der Waals surface area contributed by atoms with Crippen molar-refractivity contribution >= 4 is 46.6 Å². The largest absolute Gasteiger partial charge is 0.482 e. The Labute approximate surface area is 196 Å². The minimum absolute atomic E-state index is 0.170. The summed E-state index contributed by atoms with van der Waals surface area (Å²) in [6.45, 7) is 8.68. The number of rotatable bonds is 8. The van der Waals surface area contributed by atoms with E-state index in [2.05, 4.69) is 28.5 Å². The highest BCUT2D eigenvalue weighted by Gasteiger charge is 2.20. The summed E-state index contributed by atoms with van der Waals surface area (Å²) in [6, 6.07) is 11.0. The summed E-state index contributed by atoms with van der Waals surface area (Å²) in [5.74, 6) is 1.51. The smallest absolute Gasteiger partial charge is 0.234 e. The van der Waals surface area contributed by atoms with Crippen LogP contribution in [0.15, 0.2) is 41.6 Å². The number of amides is 1. The molecule has 1 atom stereocenters. The van der Waals surface area contributed by atoms with Gasteiger partial charge in [0.1, 0.15) is 5.75 Å². The second-order valence-electron chi connectivity index (χ2n) is 7.08. The van der Waals surface area contributed by atoms with E-state index in [1.54, 1.807) is 18.2 Å². The van der Waals surface area contributed by atoms with Gasteiger partial charge in [0, 0.05) is 11.6 Å². The lowest BCUT2D eigenvalue weighted by Gasteiger charge is -2.17. The zero-order valence-electron chi connectivity index (χ0n) is 17.8. The standard InChI is InChI=1S/C22H24Cl2N4O2S/c1-5-28-21(15(4)30-19-9-6-13(2)10-14(19)3)26-27-22(28)31-12-20(29)25-18-8-7-16(23)11-17(18)24/h6-11,15H,5,12H2,1-4H3,(H,25,29). The summed E-state index contributed by atoms with van der Waals surface area (Å²) < 4.78 is 8.09. The third-order valence-corrected chi connectivity index (χ3v) is 6.11. The fourth-order valence-corrected chi connectivity index (χ4v) is 4.35. The lowest BCUT2D eigenvalue weighted by molar-refractivity contribution is -0.113. The van der Waals surface area contributed by atoms with Crippen molar-refractivity contribution < 1.29 is 9.53 Å². The highest BCUT2D eigenvalue weighted by atomic mass is 35.5. The number of anilines is 1. The van der Waals surface area contributed by atoms with E-state index in [0.29, 0.717) is 33.3 Å². The lowest BCUT2D eigenvalue weighted by Crippen LogP contribution is -2.15. The molecular weight excluding hydrogens is 455 g/mol. The first-order valence-corrected chi connectivity index (χ1v) is 11.6. The molecule has 0 aliphatic carbocycles. The molecule has 0 fully saturated rings. The van der Waals surface area contributed by atoms with E-state index in [0.717, 1.165) is 11.3 Å². The summed E-state index contributed by atoms with van der Waals surface area (Å²) in [4.78, 5) is 12.4. The van der Waals surface area contributed by atoms with Gasteiger partial charge in [0.05, 0.1) is 16.5 Å². The Morgan fingerprint density at radius 2 is 1.97 bits per heavy atom. The minimum Gasteiger partial charge on any atom is -0.482 e. The number of aromatic nitrogens is 3. The van der Waals surface area contributed by atoms with E-state index in [1.807, 2.05) is 37.5 Å². The number of hydrogen-bond donors (Lipinski definition) is 1. The van der Waals surface area contributed by atoms with E-state index < -0.39 is 0 Å². The van der Waals surface area contributed by atoms with Gasteiger partial charge in [-0.05, 0) is 57.5 Å². The van der Waals surface area contributed by atoms with Crippen LogP contribution in [-0.2, 0) is 11.3 Å². The van der Waals surface area contributed by atoms with Gasteiger partial charge >= 0.3 is 0 Å². The third-order valence-electron chi connectivity index (χ3n) is 4.60. The Morgan fingerprint density at radius 3 is 2.65 bits per heavy atom. The number of nitrogens with zero attached hydrogens (tertiary/aromatic N) is 3. The number of halogens is 2. The first kappa shape index (κ1) is 23.4. The molecular formula is C22H24Cl2N4O2S. The highest BCUT2D eigenvalue weighted by Crippen LogP contribution is 2.28. The van der Waals surface area contributed by atoms with Crippen molar-refractivity contribution in [3.63, 3.8) is 0 Å². The average Bonchev–Trinajstić information content (AvgIpc) is 3.13. The number of ether oxygens (including phenoxy) is 1. The van der Waals surface area contributed by atoms with Crippen molar-refractivity contribution in [3.05, 3.63) is 63.4 Å². The van der Waals surface area contributed by atoms with E-state index in [-0.39, 0.29) is 17.8 Å². The summed E-state index contributed by atoms with van der Waals surface area (Å²) in [5, 5.41) is 12.9. The van der Waals surface area contributed by atoms with Gasteiger partial charge in [-0.3, -0.25) is 4.79 Å². The van der Waals surface area contributed by atoms with Gasteiger partial charge in [-0.15, -0.1) is 10.2 Å². The van der Waals surface area contributed by atoms with Crippen molar-refractivity contribution in [1.82, 2.24) is 14.8 Å². The number of thioether (sulfide) groups is 1. The van der Waals surface area contributed by atoms with Gasteiger partial charge in [-0.1, -0.05) is 52.7 Å². The molecule has 1 heterocycles. The molecule has 6 nitrogen and oxygen atoms in total. The van der Waals surface area contributed by atoms with Crippen LogP contribution in [0.2, 0.25) is 10.0 Å². The minimum atomic E-state index is -0.287. The average molecular weight is 479 g/mol. The fraction of sp³-hybridized carbons (Fsp3) is 0.318. The molecule has 31 heavy (non-hydrogen) atoms. The van der Waals surface area contributed by atoms with Crippen LogP contribution in [0.3, 0.4) is 0 Å². The summed E-state index contributed by atoms with van der Waals surface area (Å²) in [5.41, 5.74) is 2.78. The number of carbonyl (C=O) groups excluding carboxylic acids is 1. The number of benzene rings is 2. The molecule has 9 heteroatoms. The summed E-state index contributed by atoms with van der Waals surface area (Å²) >= 11 is 13.3. The van der Waals surface area contributed by atoms with Crippen LogP contribution in [0.5, 0.6) is 5.75 Å². The SMILES string of the molecule is CCn1c(SCC(=O)Nc2ccc(Cl)cc2Cl)nnc1C(C)Oc1ccc(C)cc1C. The topological polar surface area (TPSA) is 69.0 Å². The predicted octanol–water partition coefficient (Wildman–Crippen LogP) is 6.09. The second kappa shape index (κ2) is 10.4. The Kier molecular flexibility index (Phi) is 7.86. The van der Waals surface area contributed by atoms with Gasteiger partial charge in [-0.25, -0.2) is 0 Å². The number of hydrogen-bond acceptors (Lipinski definition) is 5. The van der Waals surface area contributed by atoms with Gasteiger partial charge in [-0.2, -0.15) is 0 Å². The highest BCUT2D eigenvalue weighted by molar-refractivity contribution is 7.99. The monoisotopic (exact) mass is 478 g/mol. The molecule has 0 spiro atoms. The molecule has 0 bridgehead atoms. The van der Waals surface area contributed by atoms with E-state index in [9.17, 15) is 4.79 Å². The number of carbonyl (C=O) groups is 1. The van der Waals surface area contributed by atoms with E-state index >= 15 is 0 Å². The molecule has 1 N–H and O–H groups in total. The molecule has 164 valence electrons. The zero-order valence-corrected chi connectivity index (χ0v) is 20.1. The van der Waals surface area contributed by atoms with Crippen LogP contribution in [0.1, 0.15) is 36.9 Å². The second-order valence-corrected chi connectivity index (χ2v) is 8.86. The first-order chi connectivity index (χ1) is 14.8. The van der Waals surface area contributed by atoms with E-state index in [1.165, 1.54) is 17.3 Å². The molecule has 3 aromatic rings. The quantitative estimate of drug-likeness (QED) is 0.396. The van der Waals surface area contributed by atoms with Crippen LogP contribution in [0.4, 0.5) is 5.69 Å². The Hall–Kier alpha value is -2.22. The van der Waals surface area contributed by atoms with Gasteiger partial charge in [0.2, 0.25) is 5.91 Å². The van der Waals surface area contributed by atoms with E-state index in [4.69, 9.17) is 27.9 Å². The zero-order chi connectivity index (χ0) is 22.5. The maximum Gasteiger partial charge on any atom is 0.234 e. The third kappa shape index (κ3) is 5.93. The Bertz CT molecular complexity index is 1090. The molecule has 1 aromatic heterocycles. The molecule has 0 aliphatic heterocycles. The molecule has 0 saturated carbocycles. The summed E-state index contributed by atoms with van der Waals surface area (Å²) in [6.07, 6.45) is -0.287. The predicted molar refractivity (Wildman–Crippen MR) is 126 cm³/mol. The molecule has 0 radical (unpaired) electrons. The molecule has 2 aromatic carbocycles. The van der Waals surface area contributed by atoms with Crippen molar-refractivity contribution in [2.75, 3.05) is 11.1 Å². The van der Waals surface area contributed by atoms with Gasteiger partial charge < -0.3 is 14.6 Å². The number of nitrogens with one attached hydrogen (secondary N) is 1. The first-order valence-electron chi connectivity index (χ1n) is 9.83. The van der Waals surface area contributed by atoms with Crippen LogP contribution < -0.4 is 10.1 Å². The Morgan fingerprint density at radius 1 is 1.19 bits per heavy atom. The molecule has 1 unspecified atom stereocenters. The van der Waals surface area contributed by atoms with Crippen LogP contribution in [-0.4, -0.2) is 26.4 Å². The lowest BCUT2D eigenvalue weighted by atomic mass is 10.1. The molecule has 0 saturated heterocycles. The molecule has 0 aliphatic rings. The van der Waals surface area contributed by atoms with Gasteiger partial charge in [0.15, 0.2) is 17.1 Å². The maximum absolute atomic E-state index is 12.4. The Balaban J connectivity index is 1.65. The molecule has 1 amide bonds. The number of aryl methyl sites for hydroxylation is 2. The van der Waals surface area contributed by atoms with Gasteiger partial charge in [0.25, 0.3) is 0 Å². The van der Waals surface area contributed by atoms with Crippen LogP contribution in [0, 0.1) is 13.8 Å².